The number of nitrogens with zero attached hydrogens (tertiary/aromatic N) is 1. The fourth-order valence-electron chi connectivity index (χ4n) is 2.94. The van der Waals surface area contributed by atoms with Crippen molar-refractivity contribution in [1.29, 1.82) is 0 Å². The summed E-state index contributed by atoms with van der Waals surface area (Å²) in [5, 5.41) is 6.00. The molecule has 5 heteroatoms. The van der Waals surface area contributed by atoms with E-state index >= 15 is 0 Å². The molecule has 2 amide bonds. The Bertz CT molecular complexity index is 756. The van der Waals surface area contributed by atoms with Crippen LogP contribution in [0.4, 0.5) is 17.1 Å². The quantitative estimate of drug-likeness (QED) is 0.849. The maximum atomic E-state index is 12.1. The molecule has 130 valence electrons. The molecule has 3 rings (SSSR count). The third-order valence-corrected chi connectivity index (χ3v) is 4.32. The molecule has 1 aliphatic rings. The van der Waals surface area contributed by atoms with Crippen LogP contribution >= 0.6 is 0 Å². The fraction of sp³-hybridized carbons (Fsp3) is 0.300. The lowest BCUT2D eigenvalue weighted by atomic mass is 10.1. The van der Waals surface area contributed by atoms with Gasteiger partial charge >= 0.3 is 0 Å². The second-order valence-electron chi connectivity index (χ2n) is 6.15. The Morgan fingerprint density at radius 2 is 1.92 bits per heavy atom. The van der Waals surface area contributed by atoms with Crippen LogP contribution in [0, 0.1) is 0 Å². The lowest BCUT2D eigenvalue weighted by Gasteiger charge is -2.16. The molecule has 0 bridgehead atoms. The Morgan fingerprint density at radius 3 is 2.60 bits per heavy atom. The lowest BCUT2D eigenvalue weighted by Crippen LogP contribution is -2.24. The highest BCUT2D eigenvalue weighted by Gasteiger charge is 2.21. The number of carbonyl (C=O) groups is 2. The molecule has 5 nitrogen and oxygen atoms in total. The molecular formula is C20H23N3O2. The largest absolute Gasteiger partial charge is 0.376 e. The van der Waals surface area contributed by atoms with Crippen LogP contribution in [0.2, 0.25) is 0 Å². The molecule has 1 heterocycles. The van der Waals surface area contributed by atoms with E-state index < -0.39 is 0 Å². The summed E-state index contributed by atoms with van der Waals surface area (Å²) in [5.74, 6) is 0.0847. The Hall–Kier alpha value is -2.82. The van der Waals surface area contributed by atoms with Gasteiger partial charge in [-0.15, -0.1) is 0 Å². The van der Waals surface area contributed by atoms with Gasteiger partial charge in [-0.2, -0.15) is 0 Å². The van der Waals surface area contributed by atoms with Crippen molar-refractivity contribution in [3.8, 4) is 0 Å². The minimum atomic E-state index is -0.0907. The van der Waals surface area contributed by atoms with E-state index in [1.807, 2.05) is 48.5 Å². The van der Waals surface area contributed by atoms with Gasteiger partial charge in [-0.25, -0.2) is 0 Å². The zero-order chi connectivity index (χ0) is 17.6. The van der Waals surface area contributed by atoms with Gasteiger partial charge in [0.05, 0.1) is 6.54 Å². The molecule has 25 heavy (non-hydrogen) atoms. The molecule has 1 saturated heterocycles. The van der Waals surface area contributed by atoms with Gasteiger partial charge in [0, 0.05) is 30.0 Å². The number of aryl methyl sites for hydroxylation is 1. The molecule has 0 saturated carbocycles. The zero-order valence-corrected chi connectivity index (χ0v) is 14.4. The Labute approximate surface area is 148 Å². The molecule has 0 atom stereocenters. The van der Waals surface area contributed by atoms with Gasteiger partial charge in [0.1, 0.15) is 0 Å². The predicted octanol–water partition coefficient (Wildman–Crippen LogP) is 3.43. The van der Waals surface area contributed by atoms with E-state index in [4.69, 9.17) is 0 Å². The van der Waals surface area contributed by atoms with Crippen molar-refractivity contribution in [2.45, 2.75) is 26.2 Å². The van der Waals surface area contributed by atoms with Crippen LogP contribution in [-0.4, -0.2) is 24.9 Å². The Balaban J connectivity index is 1.52. The maximum absolute atomic E-state index is 12.1. The highest BCUT2D eigenvalue weighted by Crippen LogP contribution is 2.23. The zero-order valence-electron chi connectivity index (χ0n) is 14.4. The molecule has 0 aliphatic carbocycles. The van der Waals surface area contributed by atoms with Crippen molar-refractivity contribution in [1.82, 2.24) is 0 Å². The monoisotopic (exact) mass is 337 g/mol. The highest BCUT2D eigenvalue weighted by atomic mass is 16.2. The van der Waals surface area contributed by atoms with Crippen molar-refractivity contribution in [2.24, 2.45) is 0 Å². The number of amides is 2. The normalized spacial score (nSPS) is 13.8. The van der Waals surface area contributed by atoms with Gasteiger partial charge in [0.2, 0.25) is 11.8 Å². The standard InChI is InChI=1S/C20H23N3O2/c1-2-15-5-3-6-17(13-15)22-19(24)14-21-16-8-10-18(11-9-16)23-12-4-7-20(23)25/h3,5-6,8-11,13,21H,2,4,7,12,14H2,1H3,(H,22,24). The van der Waals surface area contributed by atoms with Crippen molar-refractivity contribution in [3.05, 3.63) is 54.1 Å². The molecule has 1 aliphatic heterocycles. The minimum absolute atomic E-state index is 0.0907. The highest BCUT2D eigenvalue weighted by molar-refractivity contribution is 5.96. The van der Waals surface area contributed by atoms with E-state index in [0.717, 1.165) is 36.4 Å². The van der Waals surface area contributed by atoms with Gasteiger partial charge in [0.15, 0.2) is 0 Å². The maximum Gasteiger partial charge on any atom is 0.243 e. The number of hydrogen-bond donors (Lipinski definition) is 2. The first kappa shape index (κ1) is 17.0. The predicted molar refractivity (Wildman–Crippen MR) is 101 cm³/mol. The van der Waals surface area contributed by atoms with E-state index in [-0.39, 0.29) is 18.4 Å². The van der Waals surface area contributed by atoms with Crippen molar-refractivity contribution < 1.29 is 9.59 Å². The molecule has 2 aromatic rings. The number of hydrogen-bond acceptors (Lipinski definition) is 3. The molecule has 0 radical (unpaired) electrons. The SMILES string of the molecule is CCc1cccc(NC(=O)CNc2ccc(N3CCCC3=O)cc2)c1. The van der Waals surface area contributed by atoms with Crippen LogP contribution in [0.15, 0.2) is 48.5 Å². The van der Waals surface area contributed by atoms with Crippen molar-refractivity contribution in [2.75, 3.05) is 28.6 Å². The van der Waals surface area contributed by atoms with Crippen LogP contribution in [0.3, 0.4) is 0 Å². The summed E-state index contributed by atoms with van der Waals surface area (Å²) in [6, 6.07) is 15.5. The van der Waals surface area contributed by atoms with Crippen LogP contribution in [0.5, 0.6) is 0 Å². The van der Waals surface area contributed by atoms with Crippen molar-refractivity contribution in [3.63, 3.8) is 0 Å². The topological polar surface area (TPSA) is 61.4 Å². The lowest BCUT2D eigenvalue weighted by molar-refractivity contribution is -0.117. The Kier molecular flexibility index (Phi) is 5.33. The third-order valence-electron chi connectivity index (χ3n) is 4.32. The van der Waals surface area contributed by atoms with Crippen LogP contribution in [0.1, 0.15) is 25.3 Å². The first-order valence-corrected chi connectivity index (χ1v) is 8.69. The van der Waals surface area contributed by atoms with E-state index in [1.54, 1.807) is 4.90 Å². The van der Waals surface area contributed by atoms with E-state index in [2.05, 4.69) is 17.6 Å². The van der Waals surface area contributed by atoms with E-state index in [1.165, 1.54) is 5.56 Å². The molecule has 2 N–H and O–H groups in total. The fourth-order valence-corrected chi connectivity index (χ4v) is 2.94. The number of anilines is 3. The summed E-state index contributed by atoms with van der Waals surface area (Å²) in [7, 11) is 0. The molecule has 1 fully saturated rings. The smallest absolute Gasteiger partial charge is 0.243 e. The van der Waals surface area contributed by atoms with Gasteiger partial charge in [-0.1, -0.05) is 19.1 Å². The number of benzene rings is 2. The number of rotatable bonds is 6. The number of nitrogens with one attached hydrogen (secondary N) is 2. The van der Waals surface area contributed by atoms with Crippen LogP contribution in [-0.2, 0) is 16.0 Å². The average molecular weight is 337 g/mol. The van der Waals surface area contributed by atoms with E-state index in [0.29, 0.717) is 6.42 Å². The average Bonchev–Trinajstić information content (AvgIpc) is 3.06. The summed E-state index contributed by atoms with van der Waals surface area (Å²) in [4.78, 5) is 25.6. The Morgan fingerprint density at radius 1 is 1.12 bits per heavy atom. The van der Waals surface area contributed by atoms with Crippen LogP contribution in [0.25, 0.3) is 0 Å². The summed E-state index contributed by atoms with van der Waals surface area (Å²) in [5.41, 5.74) is 3.77. The number of carbonyl (C=O) groups excluding carboxylic acids is 2. The second kappa shape index (κ2) is 7.83. The molecule has 0 unspecified atom stereocenters. The first-order chi connectivity index (χ1) is 12.2. The molecular weight excluding hydrogens is 314 g/mol. The van der Waals surface area contributed by atoms with Crippen molar-refractivity contribution >= 4 is 28.9 Å². The molecule has 0 aromatic heterocycles. The summed E-state index contributed by atoms with van der Waals surface area (Å²) >= 11 is 0. The summed E-state index contributed by atoms with van der Waals surface area (Å²) in [6.07, 6.45) is 2.48. The minimum Gasteiger partial charge on any atom is -0.376 e. The second-order valence-corrected chi connectivity index (χ2v) is 6.15. The van der Waals surface area contributed by atoms with Crippen LogP contribution < -0.4 is 15.5 Å². The summed E-state index contributed by atoms with van der Waals surface area (Å²) in [6.45, 7) is 3.06. The first-order valence-electron chi connectivity index (χ1n) is 8.69. The van der Waals surface area contributed by atoms with Gasteiger partial charge in [0.25, 0.3) is 0 Å². The third kappa shape index (κ3) is 4.38. The van der Waals surface area contributed by atoms with Gasteiger partial charge in [-0.3, -0.25) is 9.59 Å². The van der Waals surface area contributed by atoms with Gasteiger partial charge in [-0.05, 0) is 54.8 Å². The van der Waals surface area contributed by atoms with E-state index in [9.17, 15) is 9.59 Å². The molecule has 0 spiro atoms. The van der Waals surface area contributed by atoms with Gasteiger partial charge < -0.3 is 15.5 Å². The summed E-state index contributed by atoms with van der Waals surface area (Å²) < 4.78 is 0. The molecule has 2 aromatic carbocycles.